The highest BCUT2D eigenvalue weighted by molar-refractivity contribution is 5.93. The molecule has 0 saturated heterocycles. The molecule has 2 aromatic carbocycles. The van der Waals surface area contributed by atoms with Crippen LogP contribution in [0.15, 0.2) is 48.5 Å². The summed E-state index contributed by atoms with van der Waals surface area (Å²) in [5, 5.41) is 8.02. The molecule has 0 saturated carbocycles. The molecule has 2 aromatic rings. The SMILES string of the molecule is Cc1ccccc1CCC(=O)NCc1ccc(NC(=O)CNC(=O)OC(C)(C)C)cc1. The van der Waals surface area contributed by atoms with Crippen molar-refractivity contribution in [1.82, 2.24) is 10.6 Å². The topological polar surface area (TPSA) is 96.5 Å². The van der Waals surface area contributed by atoms with E-state index in [-0.39, 0.29) is 18.4 Å². The Morgan fingerprint density at radius 3 is 2.23 bits per heavy atom. The van der Waals surface area contributed by atoms with Gasteiger partial charge < -0.3 is 20.7 Å². The third-order valence-electron chi connectivity index (χ3n) is 4.40. The average molecular weight is 426 g/mol. The Hall–Kier alpha value is -3.35. The van der Waals surface area contributed by atoms with Crippen molar-refractivity contribution in [2.45, 2.75) is 52.7 Å². The number of alkyl carbamates (subject to hydrolysis) is 1. The molecule has 31 heavy (non-hydrogen) atoms. The van der Waals surface area contributed by atoms with Crippen molar-refractivity contribution in [2.24, 2.45) is 0 Å². The molecular formula is C24H31N3O4. The zero-order valence-electron chi connectivity index (χ0n) is 18.6. The first-order chi connectivity index (χ1) is 14.6. The van der Waals surface area contributed by atoms with Crippen LogP contribution in [-0.4, -0.2) is 30.1 Å². The Labute approximate surface area is 183 Å². The Bertz CT molecular complexity index is 902. The summed E-state index contributed by atoms with van der Waals surface area (Å²) in [5.74, 6) is -0.364. The first-order valence-electron chi connectivity index (χ1n) is 10.3. The summed E-state index contributed by atoms with van der Waals surface area (Å²) in [6.07, 6.45) is 0.501. The number of ether oxygens (including phenoxy) is 1. The van der Waals surface area contributed by atoms with Crippen LogP contribution in [0.3, 0.4) is 0 Å². The molecule has 0 radical (unpaired) electrons. The maximum absolute atomic E-state index is 12.1. The molecule has 0 unspecified atom stereocenters. The third-order valence-corrected chi connectivity index (χ3v) is 4.40. The number of nitrogens with one attached hydrogen (secondary N) is 3. The summed E-state index contributed by atoms with van der Waals surface area (Å²) in [6.45, 7) is 7.53. The van der Waals surface area contributed by atoms with Gasteiger partial charge in [-0.3, -0.25) is 9.59 Å². The number of amides is 3. The van der Waals surface area contributed by atoms with Crippen molar-refractivity contribution in [3.8, 4) is 0 Å². The first kappa shape index (κ1) is 23.9. The zero-order chi connectivity index (χ0) is 22.9. The number of anilines is 1. The van der Waals surface area contributed by atoms with Crippen LogP contribution in [0.2, 0.25) is 0 Å². The molecule has 3 N–H and O–H groups in total. The Morgan fingerprint density at radius 2 is 1.58 bits per heavy atom. The van der Waals surface area contributed by atoms with Gasteiger partial charge >= 0.3 is 6.09 Å². The van der Waals surface area contributed by atoms with Gasteiger partial charge in [0.2, 0.25) is 11.8 Å². The van der Waals surface area contributed by atoms with Gasteiger partial charge in [0.15, 0.2) is 0 Å². The number of hydrogen-bond donors (Lipinski definition) is 3. The summed E-state index contributed by atoms with van der Waals surface area (Å²) >= 11 is 0. The second kappa shape index (κ2) is 11.2. The van der Waals surface area contributed by atoms with Crippen molar-refractivity contribution in [3.05, 3.63) is 65.2 Å². The fourth-order valence-corrected chi connectivity index (χ4v) is 2.81. The van der Waals surface area contributed by atoms with E-state index >= 15 is 0 Å². The molecule has 0 aliphatic carbocycles. The minimum Gasteiger partial charge on any atom is -0.444 e. The van der Waals surface area contributed by atoms with Crippen molar-refractivity contribution in [1.29, 1.82) is 0 Å². The second-order valence-corrected chi connectivity index (χ2v) is 8.30. The predicted molar refractivity (Wildman–Crippen MR) is 121 cm³/mol. The molecule has 0 fully saturated rings. The van der Waals surface area contributed by atoms with Crippen molar-refractivity contribution in [2.75, 3.05) is 11.9 Å². The fourth-order valence-electron chi connectivity index (χ4n) is 2.81. The number of aryl methyl sites for hydroxylation is 2. The van der Waals surface area contributed by atoms with E-state index in [1.54, 1.807) is 32.9 Å². The molecule has 2 rings (SSSR count). The van der Waals surface area contributed by atoms with E-state index in [1.165, 1.54) is 11.1 Å². The lowest BCUT2D eigenvalue weighted by Crippen LogP contribution is -2.37. The second-order valence-electron chi connectivity index (χ2n) is 8.30. The van der Waals surface area contributed by atoms with Gasteiger partial charge in [0.05, 0.1) is 0 Å². The van der Waals surface area contributed by atoms with E-state index in [0.29, 0.717) is 25.1 Å². The highest BCUT2D eigenvalue weighted by atomic mass is 16.6. The molecule has 7 heteroatoms. The lowest BCUT2D eigenvalue weighted by Gasteiger charge is -2.19. The highest BCUT2D eigenvalue weighted by Gasteiger charge is 2.16. The molecule has 0 heterocycles. The smallest absolute Gasteiger partial charge is 0.408 e. The van der Waals surface area contributed by atoms with Crippen LogP contribution < -0.4 is 16.0 Å². The van der Waals surface area contributed by atoms with Gasteiger partial charge in [-0.05, 0) is 62.9 Å². The van der Waals surface area contributed by atoms with Crippen molar-refractivity contribution in [3.63, 3.8) is 0 Å². The van der Waals surface area contributed by atoms with Gasteiger partial charge in [-0.15, -0.1) is 0 Å². The maximum atomic E-state index is 12.1. The van der Waals surface area contributed by atoms with Gasteiger partial charge in [0, 0.05) is 18.7 Å². The van der Waals surface area contributed by atoms with E-state index in [0.717, 1.165) is 5.56 Å². The van der Waals surface area contributed by atoms with Crippen LogP contribution in [-0.2, 0) is 27.3 Å². The normalized spacial score (nSPS) is 10.8. The van der Waals surface area contributed by atoms with Gasteiger partial charge in [-0.2, -0.15) is 0 Å². The Morgan fingerprint density at radius 1 is 0.903 bits per heavy atom. The van der Waals surface area contributed by atoms with Crippen molar-refractivity contribution >= 4 is 23.6 Å². The van der Waals surface area contributed by atoms with E-state index < -0.39 is 11.7 Å². The summed E-state index contributed by atoms with van der Waals surface area (Å²) in [4.78, 5) is 35.7. The Kier molecular flexibility index (Phi) is 8.61. The molecule has 166 valence electrons. The molecule has 0 bridgehead atoms. The maximum Gasteiger partial charge on any atom is 0.408 e. The van der Waals surface area contributed by atoms with Gasteiger partial charge in [0.1, 0.15) is 12.1 Å². The number of benzene rings is 2. The van der Waals surface area contributed by atoms with Gasteiger partial charge in [-0.1, -0.05) is 36.4 Å². The molecule has 0 spiro atoms. The number of carbonyl (C=O) groups excluding carboxylic acids is 3. The number of carbonyl (C=O) groups is 3. The van der Waals surface area contributed by atoms with Crippen LogP contribution in [0.25, 0.3) is 0 Å². The minimum atomic E-state index is -0.642. The van der Waals surface area contributed by atoms with Gasteiger partial charge in [0.25, 0.3) is 0 Å². The molecular weight excluding hydrogens is 394 g/mol. The number of hydrogen-bond acceptors (Lipinski definition) is 4. The van der Waals surface area contributed by atoms with Gasteiger partial charge in [-0.25, -0.2) is 4.79 Å². The first-order valence-corrected chi connectivity index (χ1v) is 10.3. The number of rotatable bonds is 8. The van der Waals surface area contributed by atoms with Crippen LogP contribution in [0.4, 0.5) is 10.5 Å². The third kappa shape index (κ3) is 9.33. The van der Waals surface area contributed by atoms with Crippen LogP contribution in [0.1, 0.15) is 43.9 Å². The molecule has 0 aliphatic rings. The van der Waals surface area contributed by atoms with Crippen LogP contribution >= 0.6 is 0 Å². The predicted octanol–water partition coefficient (Wildman–Crippen LogP) is 3.71. The summed E-state index contributed by atoms with van der Waals surface area (Å²) in [6, 6.07) is 15.2. The van der Waals surface area contributed by atoms with E-state index in [4.69, 9.17) is 4.74 Å². The monoisotopic (exact) mass is 425 g/mol. The largest absolute Gasteiger partial charge is 0.444 e. The molecule has 7 nitrogen and oxygen atoms in total. The molecule has 0 atom stereocenters. The summed E-state index contributed by atoms with van der Waals surface area (Å²) < 4.78 is 5.08. The highest BCUT2D eigenvalue weighted by Crippen LogP contribution is 2.11. The standard InChI is InChI=1S/C24H31N3O4/c1-17-7-5-6-8-19(17)11-14-21(28)25-15-18-9-12-20(13-10-18)27-22(29)16-26-23(30)31-24(2,3)4/h5-10,12-13H,11,14-16H2,1-4H3,(H,25,28)(H,26,30)(H,27,29). The average Bonchev–Trinajstić information content (AvgIpc) is 2.70. The Balaban J connectivity index is 1.71. The molecule has 0 aromatic heterocycles. The van der Waals surface area contributed by atoms with Crippen molar-refractivity contribution < 1.29 is 19.1 Å². The summed E-state index contributed by atoms with van der Waals surface area (Å²) in [5.41, 5.74) is 3.28. The molecule has 0 aliphatic heterocycles. The quantitative estimate of drug-likeness (QED) is 0.601. The lowest BCUT2D eigenvalue weighted by atomic mass is 10.0. The zero-order valence-corrected chi connectivity index (χ0v) is 18.6. The van der Waals surface area contributed by atoms with E-state index in [1.807, 2.05) is 43.3 Å². The van der Waals surface area contributed by atoms with E-state index in [9.17, 15) is 14.4 Å². The fraction of sp³-hybridized carbons (Fsp3) is 0.375. The minimum absolute atomic E-state index is 0.00569. The van der Waals surface area contributed by atoms with Crippen LogP contribution in [0.5, 0.6) is 0 Å². The molecule has 3 amide bonds. The van der Waals surface area contributed by atoms with E-state index in [2.05, 4.69) is 16.0 Å². The van der Waals surface area contributed by atoms with Crippen LogP contribution in [0, 0.1) is 6.92 Å². The lowest BCUT2D eigenvalue weighted by molar-refractivity contribution is -0.121. The summed E-state index contributed by atoms with van der Waals surface area (Å²) in [7, 11) is 0.